The van der Waals surface area contributed by atoms with Crippen molar-refractivity contribution in [1.29, 1.82) is 0 Å². The molecule has 1 aromatic carbocycles. The molecule has 1 aromatic rings. The van der Waals surface area contributed by atoms with Crippen molar-refractivity contribution in [3.05, 3.63) is 26.6 Å². The fourth-order valence-corrected chi connectivity index (χ4v) is 4.06. The molecule has 20 heavy (non-hydrogen) atoms. The number of halogens is 2. The van der Waals surface area contributed by atoms with Crippen molar-refractivity contribution in [3.63, 3.8) is 0 Å². The highest BCUT2D eigenvalue weighted by Crippen LogP contribution is 2.39. The summed E-state index contributed by atoms with van der Waals surface area (Å²) in [5, 5.41) is 13.3. The molecule has 0 spiro atoms. The van der Waals surface area contributed by atoms with Crippen molar-refractivity contribution in [2.75, 3.05) is 26.2 Å². The SMILES string of the molecule is CCC(C)[C@H](c1cc(Br)c(O)c(Br)c1)N1CCNCC1. The van der Waals surface area contributed by atoms with Crippen LogP contribution in [0.4, 0.5) is 0 Å². The predicted molar refractivity (Wildman–Crippen MR) is 90.1 cm³/mol. The van der Waals surface area contributed by atoms with E-state index in [0.29, 0.717) is 12.0 Å². The van der Waals surface area contributed by atoms with Gasteiger partial charge >= 0.3 is 0 Å². The van der Waals surface area contributed by atoms with Gasteiger partial charge in [0.25, 0.3) is 0 Å². The van der Waals surface area contributed by atoms with Crippen LogP contribution >= 0.6 is 31.9 Å². The highest BCUT2D eigenvalue weighted by atomic mass is 79.9. The molecular weight excluding hydrogens is 384 g/mol. The first-order valence-electron chi connectivity index (χ1n) is 7.17. The zero-order valence-electron chi connectivity index (χ0n) is 12.0. The summed E-state index contributed by atoms with van der Waals surface area (Å²) in [4.78, 5) is 2.55. The third kappa shape index (κ3) is 3.56. The lowest BCUT2D eigenvalue weighted by molar-refractivity contribution is 0.128. The maximum absolute atomic E-state index is 9.90. The summed E-state index contributed by atoms with van der Waals surface area (Å²) in [6.07, 6.45) is 1.14. The Labute approximate surface area is 138 Å². The number of nitrogens with one attached hydrogen (secondary N) is 1. The molecule has 2 rings (SSSR count). The molecule has 1 heterocycles. The van der Waals surface area contributed by atoms with Gasteiger partial charge in [0.15, 0.2) is 0 Å². The Morgan fingerprint density at radius 1 is 1.25 bits per heavy atom. The van der Waals surface area contributed by atoms with E-state index in [9.17, 15) is 5.11 Å². The van der Waals surface area contributed by atoms with Crippen LogP contribution < -0.4 is 5.32 Å². The normalized spacial score (nSPS) is 19.8. The molecule has 1 fully saturated rings. The van der Waals surface area contributed by atoms with Gasteiger partial charge in [-0.2, -0.15) is 0 Å². The lowest BCUT2D eigenvalue weighted by Gasteiger charge is -2.38. The van der Waals surface area contributed by atoms with E-state index >= 15 is 0 Å². The number of benzene rings is 1. The minimum Gasteiger partial charge on any atom is -0.506 e. The van der Waals surface area contributed by atoms with E-state index in [1.54, 1.807) is 0 Å². The topological polar surface area (TPSA) is 35.5 Å². The van der Waals surface area contributed by atoms with E-state index in [-0.39, 0.29) is 5.75 Å². The van der Waals surface area contributed by atoms with Crippen LogP contribution in [0.25, 0.3) is 0 Å². The molecule has 0 bridgehead atoms. The van der Waals surface area contributed by atoms with E-state index in [2.05, 4.69) is 68.1 Å². The van der Waals surface area contributed by atoms with E-state index < -0.39 is 0 Å². The second-order valence-corrected chi connectivity index (χ2v) is 7.16. The number of piperazine rings is 1. The van der Waals surface area contributed by atoms with E-state index in [0.717, 1.165) is 41.5 Å². The molecule has 1 aliphatic heterocycles. The molecule has 2 N–H and O–H groups in total. The molecule has 0 saturated carbocycles. The number of nitrogens with zero attached hydrogens (tertiary/aromatic N) is 1. The summed E-state index contributed by atoms with van der Waals surface area (Å²) in [7, 11) is 0. The Morgan fingerprint density at radius 2 is 1.80 bits per heavy atom. The Morgan fingerprint density at radius 3 is 2.30 bits per heavy atom. The number of aromatic hydroxyl groups is 1. The average molecular weight is 406 g/mol. The molecular formula is C15H22Br2N2O. The van der Waals surface area contributed by atoms with Gasteiger partial charge in [-0.25, -0.2) is 0 Å². The van der Waals surface area contributed by atoms with Crippen LogP contribution in [0.3, 0.4) is 0 Å². The quantitative estimate of drug-likeness (QED) is 0.796. The molecule has 5 heteroatoms. The molecule has 1 unspecified atom stereocenters. The van der Waals surface area contributed by atoms with Crippen LogP contribution in [0.5, 0.6) is 5.75 Å². The van der Waals surface area contributed by atoms with Crippen LogP contribution in [0.15, 0.2) is 21.1 Å². The van der Waals surface area contributed by atoms with E-state index in [1.807, 2.05) is 0 Å². The van der Waals surface area contributed by atoms with Gasteiger partial charge in [0.05, 0.1) is 8.95 Å². The monoisotopic (exact) mass is 404 g/mol. The summed E-state index contributed by atoms with van der Waals surface area (Å²) < 4.78 is 1.51. The van der Waals surface area contributed by atoms with Crippen molar-refractivity contribution in [3.8, 4) is 5.75 Å². The standard InChI is InChI=1S/C15H22Br2N2O/c1-3-10(2)14(19-6-4-18-5-7-19)11-8-12(16)15(20)13(17)9-11/h8-10,14,18,20H,3-7H2,1-2H3/t10?,14-/m1/s1. The third-order valence-electron chi connectivity index (χ3n) is 4.11. The highest BCUT2D eigenvalue weighted by molar-refractivity contribution is 9.11. The van der Waals surface area contributed by atoms with E-state index in [4.69, 9.17) is 0 Å². The first-order chi connectivity index (χ1) is 9.54. The van der Waals surface area contributed by atoms with Gasteiger partial charge in [0.1, 0.15) is 5.75 Å². The van der Waals surface area contributed by atoms with Crippen LogP contribution in [0.2, 0.25) is 0 Å². The summed E-state index contributed by atoms with van der Waals surface area (Å²) in [5.74, 6) is 0.855. The van der Waals surface area contributed by atoms with Gasteiger partial charge in [-0.1, -0.05) is 20.3 Å². The Hall–Kier alpha value is -0.100. The van der Waals surface area contributed by atoms with Gasteiger partial charge in [-0.15, -0.1) is 0 Å². The van der Waals surface area contributed by atoms with Crippen molar-refractivity contribution in [2.45, 2.75) is 26.3 Å². The second-order valence-electron chi connectivity index (χ2n) is 5.45. The van der Waals surface area contributed by atoms with Crippen LogP contribution in [-0.4, -0.2) is 36.2 Å². The molecule has 0 radical (unpaired) electrons. The lowest BCUT2D eigenvalue weighted by Crippen LogP contribution is -2.46. The predicted octanol–water partition coefficient (Wildman–Crippen LogP) is 3.91. The molecule has 0 amide bonds. The van der Waals surface area contributed by atoms with Gasteiger partial charge in [-0.05, 0) is 55.5 Å². The molecule has 1 saturated heterocycles. The van der Waals surface area contributed by atoms with Crippen molar-refractivity contribution in [1.82, 2.24) is 10.2 Å². The number of hydrogen-bond donors (Lipinski definition) is 2. The highest BCUT2D eigenvalue weighted by Gasteiger charge is 2.27. The van der Waals surface area contributed by atoms with Crippen molar-refractivity contribution < 1.29 is 5.11 Å². The van der Waals surface area contributed by atoms with Crippen LogP contribution in [0.1, 0.15) is 31.9 Å². The van der Waals surface area contributed by atoms with E-state index in [1.165, 1.54) is 5.56 Å². The fourth-order valence-electron chi connectivity index (χ4n) is 2.84. The fraction of sp³-hybridized carbons (Fsp3) is 0.600. The summed E-state index contributed by atoms with van der Waals surface area (Å²) in [6, 6.07) is 4.51. The number of hydrogen-bond acceptors (Lipinski definition) is 3. The Kier molecular flexibility index (Phi) is 5.90. The number of phenols is 1. The first-order valence-corrected chi connectivity index (χ1v) is 8.75. The first kappa shape index (κ1) is 16.3. The van der Waals surface area contributed by atoms with Gasteiger partial charge in [0.2, 0.25) is 0 Å². The number of rotatable bonds is 4. The Bertz CT molecular complexity index is 438. The zero-order valence-corrected chi connectivity index (χ0v) is 15.2. The van der Waals surface area contributed by atoms with Crippen LogP contribution in [0, 0.1) is 5.92 Å². The molecule has 0 aliphatic carbocycles. The average Bonchev–Trinajstić information content (AvgIpc) is 2.46. The van der Waals surface area contributed by atoms with Crippen molar-refractivity contribution in [2.24, 2.45) is 5.92 Å². The zero-order chi connectivity index (χ0) is 14.7. The molecule has 0 aromatic heterocycles. The third-order valence-corrected chi connectivity index (χ3v) is 5.32. The summed E-state index contributed by atoms with van der Waals surface area (Å²) >= 11 is 6.90. The minimum absolute atomic E-state index is 0.275. The summed E-state index contributed by atoms with van der Waals surface area (Å²) in [6.45, 7) is 8.79. The molecule has 3 nitrogen and oxygen atoms in total. The number of phenolic OH excluding ortho intramolecular Hbond substituents is 1. The molecule has 112 valence electrons. The summed E-state index contributed by atoms with van der Waals surface area (Å²) in [5.41, 5.74) is 1.26. The molecule has 2 atom stereocenters. The van der Waals surface area contributed by atoms with Gasteiger partial charge in [0, 0.05) is 32.2 Å². The maximum atomic E-state index is 9.90. The largest absolute Gasteiger partial charge is 0.506 e. The second kappa shape index (κ2) is 7.25. The lowest BCUT2D eigenvalue weighted by atomic mass is 9.90. The maximum Gasteiger partial charge on any atom is 0.143 e. The smallest absolute Gasteiger partial charge is 0.143 e. The van der Waals surface area contributed by atoms with Crippen molar-refractivity contribution >= 4 is 31.9 Å². The Balaban J connectivity index is 2.35. The van der Waals surface area contributed by atoms with Crippen LogP contribution in [-0.2, 0) is 0 Å². The van der Waals surface area contributed by atoms with Gasteiger partial charge < -0.3 is 10.4 Å². The van der Waals surface area contributed by atoms with Gasteiger partial charge in [-0.3, -0.25) is 4.90 Å². The minimum atomic E-state index is 0.275. The molecule has 1 aliphatic rings.